The molecule has 0 atom stereocenters. The van der Waals surface area contributed by atoms with Gasteiger partial charge in [0.05, 0.1) is 11.7 Å². The fourth-order valence-electron chi connectivity index (χ4n) is 1.30. The number of rotatable bonds is 1. The normalized spacial score (nSPS) is 10.8. The Morgan fingerprint density at radius 3 is 3.08 bits per heavy atom. The van der Waals surface area contributed by atoms with E-state index in [1.807, 2.05) is 29.1 Å². The second-order valence-corrected chi connectivity index (χ2v) is 3.10. The van der Waals surface area contributed by atoms with Gasteiger partial charge in [0, 0.05) is 17.0 Å². The van der Waals surface area contributed by atoms with Crippen LogP contribution in [0.25, 0.3) is 10.9 Å². The molecular formula is C9H9ClN2. The third-order valence-electron chi connectivity index (χ3n) is 1.91. The number of fused-ring (bicyclic) bond motifs is 1. The van der Waals surface area contributed by atoms with Crippen LogP contribution in [0.5, 0.6) is 0 Å². The van der Waals surface area contributed by atoms with Crippen LogP contribution in [0.1, 0.15) is 6.92 Å². The van der Waals surface area contributed by atoms with Crippen molar-refractivity contribution in [3.63, 3.8) is 0 Å². The molecule has 0 N–H and O–H groups in total. The molecule has 1 aromatic heterocycles. The number of hydrogen-bond donors (Lipinski definition) is 0. The van der Waals surface area contributed by atoms with E-state index in [2.05, 4.69) is 12.0 Å². The highest BCUT2D eigenvalue weighted by molar-refractivity contribution is 6.31. The Kier molecular flexibility index (Phi) is 1.77. The summed E-state index contributed by atoms with van der Waals surface area (Å²) >= 11 is 5.86. The molecule has 0 saturated heterocycles. The predicted molar refractivity (Wildman–Crippen MR) is 50.4 cm³/mol. The predicted octanol–water partition coefficient (Wildman–Crippen LogP) is 2.71. The lowest BCUT2D eigenvalue weighted by molar-refractivity contribution is 0.684. The quantitative estimate of drug-likeness (QED) is 0.660. The van der Waals surface area contributed by atoms with E-state index in [0.717, 1.165) is 22.5 Å². The van der Waals surface area contributed by atoms with Gasteiger partial charge >= 0.3 is 0 Å². The summed E-state index contributed by atoms with van der Waals surface area (Å²) in [5.41, 5.74) is 1.10. The first-order valence-electron chi connectivity index (χ1n) is 3.92. The summed E-state index contributed by atoms with van der Waals surface area (Å²) in [4.78, 5) is 0. The number of aromatic nitrogens is 2. The molecule has 0 bridgehead atoms. The van der Waals surface area contributed by atoms with Gasteiger partial charge in [-0.3, -0.25) is 4.68 Å². The molecule has 0 aliphatic heterocycles. The average Bonchev–Trinajstić information content (AvgIpc) is 2.46. The first-order valence-corrected chi connectivity index (χ1v) is 4.30. The Morgan fingerprint density at radius 2 is 2.33 bits per heavy atom. The summed E-state index contributed by atoms with van der Waals surface area (Å²) in [7, 11) is 0. The molecule has 0 unspecified atom stereocenters. The maximum absolute atomic E-state index is 5.86. The zero-order valence-corrected chi connectivity index (χ0v) is 7.54. The van der Waals surface area contributed by atoms with Crippen molar-refractivity contribution in [2.45, 2.75) is 13.5 Å². The Labute approximate surface area is 75.8 Å². The van der Waals surface area contributed by atoms with Gasteiger partial charge in [0.2, 0.25) is 0 Å². The molecule has 0 aliphatic rings. The Bertz CT molecular complexity index is 406. The van der Waals surface area contributed by atoms with Gasteiger partial charge in [-0.1, -0.05) is 11.6 Å². The van der Waals surface area contributed by atoms with Gasteiger partial charge in [0.25, 0.3) is 0 Å². The highest BCUT2D eigenvalue weighted by Crippen LogP contribution is 2.18. The average molecular weight is 181 g/mol. The van der Waals surface area contributed by atoms with Crippen molar-refractivity contribution < 1.29 is 0 Å². The maximum Gasteiger partial charge on any atom is 0.0697 e. The van der Waals surface area contributed by atoms with Gasteiger partial charge in [-0.2, -0.15) is 5.10 Å². The summed E-state index contributed by atoms with van der Waals surface area (Å²) in [5.74, 6) is 0. The molecular weight excluding hydrogens is 172 g/mol. The van der Waals surface area contributed by atoms with Gasteiger partial charge in [-0.25, -0.2) is 0 Å². The molecule has 0 amide bonds. The lowest BCUT2D eigenvalue weighted by Gasteiger charge is -1.97. The minimum atomic E-state index is 0.762. The third kappa shape index (κ3) is 1.08. The summed E-state index contributed by atoms with van der Waals surface area (Å²) in [6, 6.07) is 5.80. The molecule has 1 heterocycles. The molecule has 0 fully saturated rings. The minimum absolute atomic E-state index is 0.762. The smallest absolute Gasteiger partial charge is 0.0697 e. The Hall–Kier alpha value is -1.02. The van der Waals surface area contributed by atoms with Gasteiger partial charge in [-0.15, -0.1) is 0 Å². The number of benzene rings is 1. The highest BCUT2D eigenvalue weighted by Gasteiger charge is 2.00. The van der Waals surface area contributed by atoms with Crippen LogP contribution in [0.2, 0.25) is 5.02 Å². The summed E-state index contributed by atoms with van der Waals surface area (Å²) in [6.45, 7) is 2.94. The molecule has 3 heteroatoms. The molecule has 2 rings (SSSR count). The molecule has 2 aromatic rings. The van der Waals surface area contributed by atoms with Crippen molar-refractivity contribution >= 4 is 22.5 Å². The van der Waals surface area contributed by atoms with Gasteiger partial charge in [0.15, 0.2) is 0 Å². The number of hydrogen-bond acceptors (Lipinski definition) is 1. The lowest BCUT2D eigenvalue weighted by atomic mass is 10.2. The van der Waals surface area contributed by atoms with Crippen LogP contribution in [0.15, 0.2) is 24.4 Å². The third-order valence-corrected chi connectivity index (χ3v) is 2.14. The Morgan fingerprint density at radius 1 is 1.50 bits per heavy atom. The molecule has 0 saturated carbocycles. The van der Waals surface area contributed by atoms with E-state index in [1.54, 1.807) is 0 Å². The number of aryl methyl sites for hydroxylation is 1. The first kappa shape index (κ1) is 7.62. The molecule has 2 nitrogen and oxygen atoms in total. The zero-order valence-electron chi connectivity index (χ0n) is 6.79. The monoisotopic (exact) mass is 180 g/mol. The molecule has 0 aliphatic carbocycles. The van der Waals surface area contributed by atoms with E-state index in [0.29, 0.717) is 0 Å². The van der Waals surface area contributed by atoms with Gasteiger partial charge in [0.1, 0.15) is 0 Å². The van der Waals surface area contributed by atoms with Crippen LogP contribution in [0, 0.1) is 0 Å². The van der Waals surface area contributed by atoms with Crippen molar-refractivity contribution in [2.75, 3.05) is 0 Å². The highest BCUT2D eigenvalue weighted by atomic mass is 35.5. The minimum Gasteiger partial charge on any atom is -0.265 e. The van der Waals surface area contributed by atoms with Crippen LogP contribution >= 0.6 is 11.6 Å². The van der Waals surface area contributed by atoms with Crippen molar-refractivity contribution in [1.82, 2.24) is 9.78 Å². The van der Waals surface area contributed by atoms with Crippen LogP contribution in [0.4, 0.5) is 0 Å². The largest absolute Gasteiger partial charge is 0.265 e. The molecule has 1 aromatic carbocycles. The van der Waals surface area contributed by atoms with Crippen molar-refractivity contribution in [1.29, 1.82) is 0 Å². The number of nitrogens with zero attached hydrogens (tertiary/aromatic N) is 2. The van der Waals surface area contributed by atoms with E-state index in [9.17, 15) is 0 Å². The van der Waals surface area contributed by atoms with Gasteiger partial charge in [-0.05, 0) is 25.1 Å². The second-order valence-electron chi connectivity index (χ2n) is 2.66. The fourth-order valence-corrected chi connectivity index (χ4v) is 1.46. The van der Waals surface area contributed by atoms with Gasteiger partial charge < -0.3 is 0 Å². The Balaban J connectivity index is 2.75. The van der Waals surface area contributed by atoms with E-state index in [1.165, 1.54) is 0 Å². The van der Waals surface area contributed by atoms with E-state index >= 15 is 0 Å². The summed E-state index contributed by atoms with van der Waals surface area (Å²) in [6.07, 6.45) is 1.86. The van der Waals surface area contributed by atoms with E-state index < -0.39 is 0 Å². The molecule has 0 spiro atoms. The number of halogens is 1. The van der Waals surface area contributed by atoms with Crippen molar-refractivity contribution in [3.8, 4) is 0 Å². The topological polar surface area (TPSA) is 17.8 Å². The SMILES string of the molecule is CCn1ncc2ccc(Cl)cc21. The molecule has 62 valence electrons. The van der Waals surface area contributed by atoms with Crippen LogP contribution < -0.4 is 0 Å². The fraction of sp³-hybridized carbons (Fsp3) is 0.222. The van der Waals surface area contributed by atoms with Crippen molar-refractivity contribution in [2.24, 2.45) is 0 Å². The van der Waals surface area contributed by atoms with E-state index in [-0.39, 0.29) is 0 Å². The molecule has 0 radical (unpaired) electrons. The van der Waals surface area contributed by atoms with Crippen LogP contribution in [-0.2, 0) is 6.54 Å². The van der Waals surface area contributed by atoms with E-state index in [4.69, 9.17) is 11.6 Å². The molecule has 12 heavy (non-hydrogen) atoms. The second kappa shape index (κ2) is 2.79. The van der Waals surface area contributed by atoms with Crippen LogP contribution in [-0.4, -0.2) is 9.78 Å². The zero-order chi connectivity index (χ0) is 8.55. The van der Waals surface area contributed by atoms with Crippen LogP contribution in [0.3, 0.4) is 0 Å². The summed E-state index contributed by atoms with van der Waals surface area (Å²) < 4.78 is 1.93. The maximum atomic E-state index is 5.86. The standard InChI is InChI=1S/C9H9ClN2/c1-2-12-9-5-8(10)4-3-7(9)6-11-12/h3-6H,2H2,1H3. The summed E-state index contributed by atoms with van der Waals surface area (Å²) in [5, 5.41) is 6.11. The van der Waals surface area contributed by atoms with Crippen molar-refractivity contribution in [3.05, 3.63) is 29.4 Å². The first-order chi connectivity index (χ1) is 5.81. The lowest BCUT2D eigenvalue weighted by Crippen LogP contribution is -1.94.